The van der Waals surface area contributed by atoms with E-state index in [9.17, 15) is 0 Å². The molecule has 2 heteroatoms. The van der Waals surface area contributed by atoms with Gasteiger partial charge in [-0.2, -0.15) is 0 Å². The van der Waals surface area contributed by atoms with Crippen molar-refractivity contribution in [2.24, 2.45) is 0 Å². The number of hydrogen-bond acceptors (Lipinski definition) is 1. The zero-order valence-electron chi connectivity index (χ0n) is 19.3. The van der Waals surface area contributed by atoms with Crippen molar-refractivity contribution in [2.75, 3.05) is 12.5 Å². The number of allylic oxidation sites excluding steroid dienone is 1. The second-order valence-electron chi connectivity index (χ2n) is 5.67. The van der Waals surface area contributed by atoms with Crippen molar-refractivity contribution in [3.63, 3.8) is 0 Å². The highest BCUT2D eigenvalue weighted by atomic mass is 35.5. The minimum Gasteiger partial charge on any atom is -0.492 e. The fourth-order valence-corrected chi connectivity index (χ4v) is 2.90. The molecule has 0 aliphatic rings. The maximum Gasteiger partial charge on any atom is 0.119 e. The van der Waals surface area contributed by atoms with Gasteiger partial charge in [0.2, 0.25) is 0 Å². The molecule has 0 amide bonds. The zero-order valence-corrected chi connectivity index (χ0v) is 15.0. The molecule has 0 saturated heterocycles. The van der Waals surface area contributed by atoms with Crippen LogP contribution in [0.25, 0.3) is 11.1 Å². The molecule has 0 bridgehead atoms. The minimum atomic E-state index is -2.86. The third-order valence-corrected chi connectivity index (χ3v) is 4.14. The van der Waals surface area contributed by atoms with Crippen molar-refractivity contribution in [2.45, 2.75) is 13.2 Å². The Morgan fingerprint density at radius 3 is 2.00 bits per heavy atom. The van der Waals surface area contributed by atoms with Gasteiger partial charge in [-0.15, -0.1) is 11.6 Å². The zero-order chi connectivity index (χ0) is 22.5. The molecule has 132 valence electrons. The molecule has 0 unspecified atom stereocenters. The first-order valence-electron chi connectivity index (χ1n) is 10.9. The second-order valence-corrected chi connectivity index (χ2v) is 6.05. The number of halogens is 1. The summed E-state index contributed by atoms with van der Waals surface area (Å²) in [5.74, 6) is 1.00. The van der Waals surface area contributed by atoms with Crippen LogP contribution in [-0.2, 0) is 0 Å². The second kappa shape index (κ2) is 9.26. The van der Waals surface area contributed by atoms with Gasteiger partial charge >= 0.3 is 0 Å². The first-order valence-corrected chi connectivity index (χ1v) is 8.94. The summed E-state index contributed by atoms with van der Waals surface area (Å²) in [6.07, 6.45) is -2.59. The summed E-state index contributed by atoms with van der Waals surface area (Å²) in [7, 11) is 0. The van der Waals surface area contributed by atoms with E-state index in [-0.39, 0.29) is 5.57 Å². The number of ether oxygens (including phenoxy) is 1. The van der Waals surface area contributed by atoms with Crippen molar-refractivity contribution in [3.05, 3.63) is 102 Å². The van der Waals surface area contributed by atoms with E-state index in [1.165, 1.54) is 0 Å². The van der Waals surface area contributed by atoms with Crippen molar-refractivity contribution in [1.29, 1.82) is 0 Å². The molecule has 3 rings (SSSR count). The highest BCUT2D eigenvalue weighted by Gasteiger charge is 2.12. The Morgan fingerprint density at radius 1 is 0.846 bits per heavy atom. The fourth-order valence-electron chi connectivity index (χ4n) is 2.82. The van der Waals surface area contributed by atoms with E-state index in [0.29, 0.717) is 34.9 Å². The first kappa shape index (κ1) is 12.8. The van der Waals surface area contributed by atoms with Gasteiger partial charge in [-0.05, 0) is 46.3 Å². The Morgan fingerprint density at radius 2 is 1.42 bits per heavy atom. The quantitative estimate of drug-likeness (QED) is 0.334. The lowest BCUT2D eigenvalue weighted by Gasteiger charge is -2.16. The number of benzene rings is 3. The first-order chi connectivity index (χ1) is 14.8. The molecule has 1 nitrogen and oxygen atoms in total. The summed E-state index contributed by atoms with van der Waals surface area (Å²) >= 11 is 5.69. The van der Waals surface area contributed by atoms with Gasteiger partial charge in [0.05, 0.1) is 5.88 Å². The average molecular weight is 368 g/mol. The van der Waals surface area contributed by atoms with Crippen LogP contribution in [0.1, 0.15) is 36.8 Å². The maximum atomic E-state index is 8.64. The van der Waals surface area contributed by atoms with Crippen LogP contribution in [0.2, 0.25) is 0 Å². The van der Waals surface area contributed by atoms with Crippen LogP contribution in [0.4, 0.5) is 0 Å². The number of hydrogen-bond donors (Lipinski definition) is 0. The Kier molecular flexibility index (Phi) is 4.55. The summed E-state index contributed by atoms with van der Waals surface area (Å²) in [5.41, 5.74) is 2.58. The molecule has 0 N–H and O–H groups in total. The Labute approximate surface area is 167 Å². The van der Waals surface area contributed by atoms with Crippen LogP contribution in [0.15, 0.2) is 84.9 Å². The van der Waals surface area contributed by atoms with Crippen LogP contribution in [0.5, 0.6) is 5.75 Å². The van der Waals surface area contributed by atoms with E-state index < -0.39 is 13.2 Å². The smallest absolute Gasteiger partial charge is 0.119 e. The molecule has 0 aliphatic heterocycles. The lowest BCUT2D eigenvalue weighted by molar-refractivity contribution is 0.343. The predicted octanol–water partition coefficient (Wildman–Crippen LogP) is 6.67. The summed E-state index contributed by atoms with van der Waals surface area (Å²) in [5, 5.41) is 0. The summed E-state index contributed by atoms with van der Waals surface area (Å²) in [6.45, 7) is -2.49. The highest BCUT2D eigenvalue weighted by Crippen LogP contribution is 2.34. The van der Waals surface area contributed by atoms with Gasteiger partial charge < -0.3 is 4.74 Å². The Hall–Kier alpha value is -2.51. The Bertz CT molecular complexity index is 1010. The molecule has 3 aromatic carbocycles. The lowest BCUT2D eigenvalue weighted by Crippen LogP contribution is -1.98. The molecule has 3 aromatic rings. The third kappa shape index (κ3) is 4.36. The van der Waals surface area contributed by atoms with E-state index >= 15 is 0 Å². The molecule has 0 aromatic heterocycles. The van der Waals surface area contributed by atoms with Crippen LogP contribution in [0, 0.1) is 0 Å². The van der Waals surface area contributed by atoms with Gasteiger partial charge in [0.1, 0.15) is 12.4 Å². The number of alkyl halides is 1. The molecule has 0 aliphatic carbocycles. The van der Waals surface area contributed by atoms with Crippen LogP contribution >= 0.6 is 11.6 Å². The van der Waals surface area contributed by atoms with Crippen molar-refractivity contribution < 1.29 is 11.6 Å². The molecular formula is C24H23ClO. The lowest BCUT2D eigenvalue weighted by atomic mass is 9.88. The minimum absolute atomic E-state index is 0.119. The molecule has 0 radical (unpaired) electrons. The van der Waals surface area contributed by atoms with Gasteiger partial charge in [0, 0.05) is 6.85 Å². The summed E-state index contributed by atoms with van der Waals surface area (Å²) in [6, 6.07) is 25.3. The SMILES string of the molecule is [2H]C([2H])([2H])C([2H])([2H])/C(=C(\c1ccccc1)c1ccc(OCCCl)cc1)c1ccccc1. The standard InChI is InChI=1S/C24H23ClO/c1-2-23(19-9-5-3-6-10-19)24(20-11-7-4-8-12-20)21-13-15-22(16-14-21)26-18-17-25/h3-16H,2,17-18H2,1H3/b24-23-/i1D3,2D2. The van der Waals surface area contributed by atoms with Crippen molar-refractivity contribution >= 4 is 22.7 Å². The molecular weight excluding hydrogens is 340 g/mol. The molecule has 0 spiro atoms. The van der Waals surface area contributed by atoms with E-state index in [1.54, 1.807) is 36.4 Å². The topological polar surface area (TPSA) is 9.23 Å². The van der Waals surface area contributed by atoms with Gasteiger partial charge in [-0.1, -0.05) is 79.6 Å². The van der Waals surface area contributed by atoms with Gasteiger partial charge in [0.15, 0.2) is 0 Å². The van der Waals surface area contributed by atoms with Crippen molar-refractivity contribution in [1.82, 2.24) is 0 Å². The van der Waals surface area contributed by atoms with Gasteiger partial charge in [0.25, 0.3) is 0 Å². The summed E-state index contributed by atoms with van der Waals surface area (Å²) < 4.78 is 46.6. The van der Waals surface area contributed by atoms with Gasteiger partial charge in [-0.25, -0.2) is 0 Å². The van der Waals surface area contributed by atoms with Crippen LogP contribution in [0.3, 0.4) is 0 Å². The average Bonchev–Trinajstić information content (AvgIpc) is 2.76. The third-order valence-electron chi connectivity index (χ3n) is 3.99. The van der Waals surface area contributed by atoms with Crippen LogP contribution < -0.4 is 4.74 Å². The normalized spacial score (nSPS) is 15.7. The van der Waals surface area contributed by atoms with E-state index in [1.807, 2.05) is 48.5 Å². The molecule has 0 atom stereocenters. The largest absolute Gasteiger partial charge is 0.492 e. The molecule has 0 fully saturated rings. The molecule has 0 heterocycles. The van der Waals surface area contributed by atoms with Crippen LogP contribution in [-0.4, -0.2) is 12.5 Å². The fraction of sp³-hybridized carbons (Fsp3) is 0.167. The Balaban J connectivity index is 2.32. The number of rotatable bonds is 7. The van der Waals surface area contributed by atoms with Gasteiger partial charge in [-0.3, -0.25) is 0 Å². The molecule has 26 heavy (non-hydrogen) atoms. The monoisotopic (exact) mass is 367 g/mol. The van der Waals surface area contributed by atoms with E-state index in [2.05, 4.69) is 0 Å². The predicted molar refractivity (Wildman–Crippen MR) is 112 cm³/mol. The highest BCUT2D eigenvalue weighted by molar-refractivity contribution is 6.18. The maximum absolute atomic E-state index is 8.64. The summed E-state index contributed by atoms with van der Waals surface area (Å²) in [4.78, 5) is 0. The van der Waals surface area contributed by atoms with E-state index in [4.69, 9.17) is 23.2 Å². The van der Waals surface area contributed by atoms with Crippen molar-refractivity contribution in [3.8, 4) is 5.75 Å². The van der Waals surface area contributed by atoms with E-state index in [0.717, 1.165) is 5.56 Å². The molecule has 0 saturated carbocycles.